The van der Waals surface area contributed by atoms with Gasteiger partial charge in [-0.3, -0.25) is 9.59 Å². The lowest BCUT2D eigenvalue weighted by Gasteiger charge is -2.20. The number of hydrogen-bond acceptors (Lipinski definition) is 3. The Morgan fingerprint density at radius 1 is 1.31 bits per heavy atom. The van der Waals surface area contributed by atoms with Crippen LogP contribution in [0.4, 0.5) is 0 Å². The average Bonchev–Trinajstić information content (AvgIpc) is 2.77. The normalized spacial score (nSPS) is 19.5. The van der Waals surface area contributed by atoms with Crippen molar-refractivity contribution in [3.05, 3.63) is 0 Å². The molecule has 1 N–H and O–H groups in total. The molecule has 0 radical (unpaired) electrons. The Hall–Kier alpha value is -0.710. The smallest absolute Gasteiger partial charge is 0.307 e. The van der Waals surface area contributed by atoms with E-state index >= 15 is 0 Å². The second-order valence-electron chi connectivity index (χ2n) is 4.25. The number of carboxylic acids is 1. The number of aliphatic carboxylic acids is 1. The van der Waals surface area contributed by atoms with Crippen LogP contribution in [-0.4, -0.2) is 46.0 Å². The van der Waals surface area contributed by atoms with E-state index in [4.69, 9.17) is 5.11 Å². The van der Waals surface area contributed by atoms with E-state index < -0.39 is 5.97 Å². The van der Waals surface area contributed by atoms with Gasteiger partial charge in [-0.1, -0.05) is 6.92 Å². The minimum atomic E-state index is -0.798. The Morgan fingerprint density at radius 2 is 1.88 bits per heavy atom. The van der Waals surface area contributed by atoms with E-state index in [1.165, 1.54) is 11.8 Å². The van der Waals surface area contributed by atoms with Crippen LogP contribution in [0.1, 0.15) is 26.7 Å². The minimum absolute atomic E-state index is 0.125. The van der Waals surface area contributed by atoms with Gasteiger partial charge in [0.1, 0.15) is 0 Å². The van der Waals surface area contributed by atoms with Crippen LogP contribution in [0.3, 0.4) is 0 Å². The topological polar surface area (TPSA) is 57.6 Å². The Balaban J connectivity index is 2.31. The number of thioether (sulfide) groups is 1. The van der Waals surface area contributed by atoms with E-state index in [0.717, 1.165) is 25.9 Å². The van der Waals surface area contributed by atoms with Crippen LogP contribution >= 0.6 is 11.8 Å². The maximum atomic E-state index is 11.9. The molecule has 5 heteroatoms. The summed E-state index contributed by atoms with van der Waals surface area (Å²) in [5.74, 6) is -0.539. The number of carboxylic acid groups (broad SMARTS) is 1. The summed E-state index contributed by atoms with van der Waals surface area (Å²) in [5.41, 5.74) is 0. The van der Waals surface area contributed by atoms with Crippen LogP contribution in [-0.2, 0) is 9.59 Å². The maximum absolute atomic E-state index is 11.9. The van der Waals surface area contributed by atoms with Gasteiger partial charge in [0.15, 0.2) is 0 Å². The van der Waals surface area contributed by atoms with Crippen molar-refractivity contribution in [2.45, 2.75) is 31.9 Å². The van der Waals surface area contributed by atoms with E-state index in [-0.39, 0.29) is 17.1 Å². The lowest BCUT2D eigenvalue weighted by molar-refractivity contribution is -0.140. The number of nitrogens with zero attached hydrogens (tertiary/aromatic N) is 1. The molecule has 0 spiro atoms. The zero-order valence-electron chi connectivity index (χ0n) is 9.81. The molecule has 0 aromatic rings. The average molecular weight is 245 g/mol. The lowest BCUT2D eigenvalue weighted by atomic mass is 10.2. The highest BCUT2D eigenvalue weighted by Crippen LogP contribution is 2.19. The van der Waals surface area contributed by atoms with E-state index in [2.05, 4.69) is 0 Å². The van der Waals surface area contributed by atoms with Crippen LogP contribution < -0.4 is 0 Å². The largest absolute Gasteiger partial charge is 0.481 e. The molecule has 1 saturated heterocycles. The maximum Gasteiger partial charge on any atom is 0.307 e. The summed E-state index contributed by atoms with van der Waals surface area (Å²) in [6, 6.07) is 0. The van der Waals surface area contributed by atoms with Gasteiger partial charge in [-0.2, -0.15) is 0 Å². The first-order valence-electron chi connectivity index (χ1n) is 5.65. The molecule has 0 aliphatic carbocycles. The molecule has 4 nitrogen and oxygen atoms in total. The molecule has 0 aromatic carbocycles. The molecule has 1 amide bonds. The molecule has 0 bridgehead atoms. The molecule has 92 valence electrons. The van der Waals surface area contributed by atoms with Crippen LogP contribution in [0.2, 0.25) is 0 Å². The highest BCUT2D eigenvalue weighted by Gasteiger charge is 2.24. The Kier molecular flexibility index (Phi) is 5.12. The van der Waals surface area contributed by atoms with E-state index in [0.29, 0.717) is 5.75 Å². The molecule has 1 fully saturated rings. The van der Waals surface area contributed by atoms with Gasteiger partial charge in [0.25, 0.3) is 0 Å². The predicted molar refractivity (Wildman–Crippen MR) is 64.5 cm³/mol. The molecule has 1 aliphatic rings. The highest BCUT2D eigenvalue weighted by molar-refractivity contribution is 8.00. The second-order valence-corrected chi connectivity index (χ2v) is 5.62. The van der Waals surface area contributed by atoms with Gasteiger partial charge in [0.05, 0.1) is 11.2 Å². The summed E-state index contributed by atoms with van der Waals surface area (Å²) < 4.78 is 0. The molecule has 16 heavy (non-hydrogen) atoms. The first-order valence-corrected chi connectivity index (χ1v) is 6.70. The van der Waals surface area contributed by atoms with E-state index in [1.54, 1.807) is 6.92 Å². The third-order valence-electron chi connectivity index (χ3n) is 2.78. The highest BCUT2D eigenvalue weighted by atomic mass is 32.2. The molecule has 0 saturated carbocycles. The van der Waals surface area contributed by atoms with Crippen LogP contribution in [0.5, 0.6) is 0 Å². The third kappa shape index (κ3) is 3.70. The van der Waals surface area contributed by atoms with Gasteiger partial charge < -0.3 is 10.0 Å². The Labute approximate surface area is 100 Å². The van der Waals surface area contributed by atoms with Crippen molar-refractivity contribution in [3.8, 4) is 0 Å². The van der Waals surface area contributed by atoms with Crippen LogP contribution in [0.15, 0.2) is 0 Å². The number of rotatable bonds is 5. The molecule has 0 aromatic heterocycles. The Morgan fingerprint density at radius 3 is 2.38 bits per heavy atom. The summed E-state index contributed by atoms with van der Waals surface area (Å²) in [4.78, 5) is 24.4. The number of amides is 1. The van der Waals surface area contributed by atoms with Crippen molar-refractivity contribution in [1.82, 2.24) is 4.90 Å². The van der Waals surface area contributed by atoms with Crippen molar-refractivity contribution in [2.75, 3.05) is 18.8 Å². The minimum Gasteiger partial charge on any atom is -0.481 e. The summed E-state index contributed by atoms with van der Waals surface area (Å²) in [6.45, 7) is 5.25. The molecule has 1 rings (SSSR count). The van der Waals surface area contributed by atoms with E-state index in [1.807, 2.05) is 11.8 Å². The van der Waals surface area contributed by atoms with Gasteiger partial charge in [0.2, 0.25) is 5.91 Å². The molecule has 2 atom stereocenters. The predicted octanol–water partition coefficient (Wildman–Crippen LogP) is 1.45. The fourth-order valence-electron chi connectivity index (χ4n) is 1.63. The van der Waals surface area contributed by atoms with Crippen molar-refractivity contribution in [2.24, 2.45) is 5.92 Å². The van der Waals surface area contributed by atoms with Gasteiger partial charge in [-0.15, -0.1) is 11.8 Å². The molecule has 1 aliphatic heterocycles. The summed E-state index contributed by atoms with van der Waals surface area (Å²) >= 11 is 1.44. The summed E-state index contributed by atoms with van der Waals surface area (Å²) in [6.07, 6.45) is 2.18. The first-order chi connectivity index (χ1) is 7.52. The van der Waals surface area contributed by atoms with Gasteiger partial charge in [-0.25, -0.2) is 0 Å². The van der Waals surface area contributed by atoms with Crippen molar-refractivity contribution in [1.29, 1.82) is 0 Å². The lowest BCUT2D eigenvalue weighted by Crippen LogP contribution is -2.34. The summed E-state index contributed by atoms with van der Waals surface area (Å²) in [5, 5.41) is 8.61. The van der Waals surface area contributed by atoms with Crippen molar-refractivity contribution in [3.63, 3.8) is 0 Å². The van der Waals surface area contributed by atoms with Crippen LogP contribution in [0, 0.1) is 5.92 Å². The standard InChI is InChI=1S/C11H19NO3S/c1-8(11(14)15)7-16-9(2)10(13)12-5-3-4-6-12/h8-9H,3-7H2,1-2H3,(H,14,15). The fraction of sp³-hybridized carbons (Fsp3) is 0.818. The number of hydrogen-bond donors (Lipinski definition) is 1. The number of likely N-dealkylation sites (tertiary alicyclic amines) is 1. The third-order valence-corrected chi connectivity index (χ3v) is 4.18. The molecule has 2 unspecified atom stereocenters. The van der Waals surface area contributed by atoms with Gasteiger partial charge >= 0.3 is 5.97 Å². The van der Waals surface area contributed by atoms with Crippen molar-refractivity contribution < 1.29 is 14.7 Å². The monoisotopic (exact) mass is 245 g/mol. The fourth-order valence-corrected chi connectivity index (χ4v) is 2.64. The van der Waals surface area contributed by atoms with Crippen molar-refractivity contribution >= 4 is 23.6 Å². The Bertz CT molecular complexity index is 264. The second kappa shape index (κ2) is 6.13. The number of carbonyl (C=O) groups excluding carboxylic acids is 1. The molecular formula is C11H19NO3S. The van der Waals surface area contributed by atoms with Gasteiger partial charge in [0, 0.05) is 18.8 Å². The zero-order chi connectivity index (χ0) is 12.1. The quantitative estimate of drug-likeness (QED) is 0.796. The zero-order valence-corrected chi connectivity index (χ0v) is 10.6. The first kappa shape index (κ1) is 13.4. The van der Waals surface area contributed by atoms with E-state index in [9.17, 15) is 9.59 Å². The molecular weight excluding hydrogens is 226 g/mol. The number of carbonyl (C=O) groups is 2. The summed E-state index contributed by atoms with van der Waals surface area (Å²) in [7, 11) is 0. The SMILES string of the molecule is CC(CSC(C)C(=O)N1CCCC1)C(=O)O. The molecule has 1 heterocycles. The van der Waals surface area contributed by atoms with Gasteiger partial charge in [-0.05, 0) is 19.8 Å². The van der Waals surface area contributed by atoms with Crippen LogP contribution in [0.25, 0.3) is 0 Å².